The maximum Gasteiger partial charge on any atom is 0.255 e. The molecule has 2 aromatic carbocycles. The van der Waals surface area contributed by atoms with E-state index in [1.165, 1.54) is 0 Å². The third-order valence-corrected chi connectivity index (χ3v) is 4.46. The molecule has 2 N–H and O–H groups in total. The first kappa shape index (κ1) is 21.1. The summed E-state index contributed by atoms with van der Waals surface area (Å²) in [5, 5.41) is 5.71. The highest BCUT2D eigenvalue weighted by Crippen LogP contribution is 2.21. The van der Waals surface area contributed by atoms with Gasteiger partial charge in [-0.25, -0.2) is 4.98 Å². The Kier molecular flexibility index (Phi) is 6.20. The maximum atomic E-state index is 12.6. The van der Waals surface area contributed by atoms with E-state index in [0.29, 0.717) is 29.3 Å². The standard InChI is InChI=1S/C23H26N4O3/c1-23(2,3)22(29)26-18-7-5-6-17(14-18)25-21(28)16-8-10-19(11-9-16)30-15-20-24-12-13-27(20)4/h5-14H,15H2,1-4H3,(H,25,28)(H,26,29). The van der Waals surface area contributed by atoms with Gasteiger partial charge in [-0.1, -0.05) is 26.8 Å². The van der Waals surface area contributed by atoms with Crippen molar-refractivity contribution in [2.45, 2.75) is 27.4 Å². The summed E-state index contributed by atoms with van der Waals surface area (Å²) in [5.41, 5.74) is 1.23. The average Bonchev–Trinajstić information content (AvgIpc) is 3.11. The number of carbonyl (C=O) groups excluding carboxylic acids is 2. The summed E-state index contributed by atoms with van der Waals surface area (Å²) >= 11 is 0. The number of carbonyl (C=O) groups is 2. The Balaban J connectivity index is 1.60. The zero-order valence-corrected chi connectivity index (χ0v) is 17.6. The van der Waals surface area contributed by atoms with Crippen molar-refractivity contribution in [2.24, 2.45) is 12.5 Å². The molecule has 0 aliphatic carbocycles. The third-order valence-electron chi connectivity index (χ3n) is 4.46. The molecule has 0 radical (unpaired) electrons. The molecular weight excluding hydrogens is 380 g/mol. The van der Waals surface area contributed by atoms with Gasteiger partial charge in [-0.3, -0.25) is 9.59 Å². The summed E-state index contributed by atoms with van der Waals surface area (Å²) in [7, 11) is 1.91. The fraction of sp³-hybridized carbons (Fsp3) is 0.261. The molecule has 0 aliphatic heterocycles. The number of anilines is 2. The second-order valence-electron chi connectivity index (χ2n) is 8.01. The first-order valence-corrected chi connectivity index (χ1v) is 9.64. The largest absolute Gasteiger partial charge is 0.486 e. The molecule has 7 heteroatoms. The van der Waals surface area contributed by atoms with Crippen molar-refractivity contribution in [1.29, 1.82) is 0 Å². The van der Waals surface area contributed by atoms with Crippen LogP contribution in [0.5, 0.6) is 5.75 Å². The second kappa shape index (κ2) is 8.82. The van der Waals surface area contributed by atoms with Crippen LogP contribution in [-0.2, 0) is 18.4 Å². The number of benzene rings is 2. The van der Waals surface area contributed by atoms with Gasteiger partial charge in [0.05, 0.1) is 0 Å². The van der Waals surface area contributed by atoms with Gasteiger partial charge in [-0.15, -0.1) is 0 Å². The molecule has 0 atom stereocenters. The summed E-state index contributed by atoms with van der Waals surface area (Å²) in [6.07, 6.45) is 3.57. The van der Waals surface area contributed by atoms with E-state index >= 15 is 0 Å². The van der Waals surface area contributed by atoms with E-state index in [1.54, 1.807) is 54.7 Å². The minimum atomic E-state index is -0.501. The highest BCUT2D eigenvalue weighted by molar-refractivity contribution is 6.04. The summed E-state index contributed by atoms with van der Waals surface area (Å²) in [6, 6.07) is 14.0. The quantitative estimate of drug-likeness (QED) is 0.641. The molecule has 1 aromatic heterocycles. The van der Waals surface area contributed by atoms with Crippen molar-refractivity contribution in [3.63, 3.8) is 0 Å². The topological polar surface area (TPSA) is 85.2 Å². The molecule has 0 aliphatic rings. The van der Waals surface area contributed by atoms with Crippen molar-refractivity contribution < 1.29 is 14.3 Å². The Morgan fingerprint density at radius 3 is 2.30 bits per heavy atom. The Labute approximate surface area is 176 Å². The number of nitrogens with zero attached hydrogens (tertiary/aromatic N) is 2. The van der Waals surface area contributed by atoms with Crippen LogP contribution in [-0.4, -0.2) is 21.4 Å². The van der Waals surface area contributed by atoms with Crippen LogP contribution in [0.1, 0.15) is 37.0 Å². The zero-order chi connectivity index (χ0) is 21.7. The molecule has 2 amide bonds. The molecule has 0 saturated carbocycles. The second-order valence-corrected chi connectivity index (χ2v) is 8.01. The number of nitrogens with one attached hydrogen (secondary N) is 2. The van der Waals surface area contributed by atoms with Crippen LogP contribution in [0.15, 0.2) is 60.9 Å². The molecule has 30 heavy (non-hydrogen) atoms. The smallest absolute Gasteiger partial charge is 0.255 e. The lowest BCUT2D eigenvalue weighted by atomic mass is 9.95. The molecule has 7 nitrogen and oxygen atoms in total. The molecule has 3 rings (SSSR count). The van der Waals surface area contributed by atoms with E-state index in [4.69, 9.17) is 4.74 Å². The molecule has 0 spiro atoms. The summed E-state index contributed by atoms with van der Waals surface area (Å²) in [4.78, 5) is 28.9. The summed E-state index contributed by atoms with van der Waals surface area (Å²) < 4.78 is 7.60. The number of ether oxygens (including phenoxy) is 1. The normalized spacial score (nSPS) is 11.1. The maximum absolute atomic E-state index is 12.6. The van der Waals surface area contributed by atoms with Gasteiger partial charge in [0.1, 0.15) is 18.2 Å². The molecule has 3 aromatic rings. The predicted molar refractivity (Wildman–Crippen MR) is 116 cm³/mol. The van der Waals surface area contributed by atoms with Crippen LogP contribution in [0.2, 0.25) is 0 Å². The Bertz CT molecular complexity index is 1030. The molecule has 0 bridgehead atoms. The number of imidazole rings is 1. The van der Waals surface area contributed by atoms with Gasteiger partial charge in [0.2, 0.25) is 5.91 Å². The fourth-order valence-corrected chi connectivity index (χ4v) is 2.58. The van der Waals surface area contributed by atoms with E-state index in [0.717, 1.165) is 5.82 Å². The highest BCUT2D eigenvalue weighted by atomic mass is 16.5. The van der Waals surface area contributed by atoms with Crippen molar-refractivity contribution in [3.05, 3.63) is 72.3 Å². The van der Waals surface area contributed by atoms with E-state index in [1.807, 2.05) is 38.6 Å². The van der Waals surface area contributed by atoms with Crippen LogP contribution >= 0.6 is 0 Å². The van der Waals surface area contributed by atoms with Gasteiger partial charge in [0.25, 0.3) is 5.91 Å². The highest BCUT2D eigenvalue weighted by Gasteiger charge is 2.21. The van der Waals surface area contributed by atoms with Crippen LogP contribution in [0.4, 0.5) is 11.4 Å². The van der Waals surface area contributed by atoms with Crippen LogP contribution in [0.25, 0.3) is 0 Å². The first-order valence-electron chi connectivity index (χ1n) is 9.64. The monoisotopic (exact) mass is 406 g/mol. The number of rotatable bonds is 6. The van der Waals surface area contributed by atoms with Crippen LogP contribution in [0.3, 0.4) is 0 Å². The molecule has 0 saturated heterocycles. The van der Waals surface area contributed by atoms with E-state index in [-0.39, 0.29) is 11.8 Å². The zero-order valence-electron chi connectivity index (χ0n) is 17.6. The Hall–Kier alpha value is -3.61. The fourth-order valence-electron chi connectivity index (χ4n) is 2.58. The van der Waals surface area contributed by atoms with Gasteiger partial charge in [-0.2, -0.15) is 0 Å². The molecule has 0 fully saturated rings. The van der Waals surface area contributed by atoms with Gasteiger partial charge in [0.15, 0.2) is 0 Å². The van der Waals surface area contributed by atoms with E-state index < -0.39 is 5.41 Å². The third kappa shape index (κ3) is 5.47. The van der Waals surface area contributed by atoms with Gasteiger partial charge in [0, 0.05) is 41.8 Å². The number of hydrogen-bond acceptors (Lipinski definition) is 4. The SMILES string of the molecule is Cn1ccnc1COc1ccc(C(=O)Nc2cccc(NC(=O)C(C)(C)C)c2)cc1. The van der Waals surface area contributed by atoms with Gasteiger partial charge in [-0.05, 0) is 42.5 Å². The average molecular weight is 406 g/mol. The number of hydrogen-bond donors (Lipinski definition) is 2. The lowest BCUT2D eigenvalue weighted by Crippen LogP contribution is -2.27. The predicted octanol–water partition coefficient (Wildman–Crippen LogP) is 4.24. The molecule has 1 heterocycles. The van der Waals surface area contributed by atoms with Crippen molar-refractivity contribution in [2.75, 3.05) is 10.6 Å². The Morgan fingerprint density at radius 1 is 1.03 bits per heavy atom. The molecular formula is C23H26N4O3. The minimum absolute atomic E-state index is 0.0906. The van der Waals surface area contributed by atoms with Crippen molar-refractivity contribution in [3.8, 4) is 5.75 Å². The lowest BCUT2D eigenvalue weighted by molar-refractivity contribution is -0.123. The van der Waals surface area contributed by atoms with Crippen LogP contribution in [0, 0.1) is 5.41 Å². The van der Waals surface area contributed by atoms with Gasteiger partial charge >= 0.3 is 0 Å². The van der Waals surface area contributed by atoms with E-state index in [9.17, 15) is 9.59 Å². The summed E-state index contributed by atoms with van der Waals surface area (Å²) in [6.45, 7) is 5.88. The first-order chi connectivity index (χ1) is 14.2. The summed E-state index contributed by atoms with van der Waals surface area (Å²) in [5.74, 6) is 1.13. The lowest BCUT2D eigenvalue weighted by Gasteiger charge is -2.18. The van der Waals surface area contributed by atoms with Crippen molar-refractivity contribution in [1.82, 2.24) is 9.55 Å². The molecule has 156 valence electrons. The van der Waals surface area contributed by atoms with Gasteiger partial charge < -0.3 is 19.9 Å². The number of amides is 2. The van der Waals surface area contributed by atoms with Crippen molar-refractivity contribution >= 4 is 23.2 Å². The molecule has 0 unspecified atom stereocenters. The van der Waals surface area contributed by atoms with Crippen LogP contribution < -0.4 is 15.4 Å². The number of aromatic nitrogens is 2. The van der Waals surface area contributed by atoms with E-state index in [2.05, 4.69) is 15.6 Å². The number of aryl methyl sites for hydroxylation is 1. The Morgan fingerprint density at radius 2 is 1.70 bits per heavy atom. The minimum Gasteiger partial charge on any atom is -0.486 e.